The van der Waals surface area contributed by atoms with E-state index in [9.17, 15) is 14.9 Å². The minimum atomic E-state index is -0.613. The van der Waals surface area contributed by atoms with Crippen LogP contribution in [-0.4, -0.2) is 35.1 Å². The molecule has 1 aromatic carbocycles. The third-order valence-corrected chi connectivity index (χ3v) is 4.58. The van der Waals surface area contributed by atoms with Crippen molar-refractivity contribution in [2.75, 3.05) is 18.1 Å². The van der Waals surface area contributed by atoms with E-state index in [1.807, 2.05) is 31.2 Å². The number of nitrogens with zero attached hydrogens (tertiary/aromatic N) is 3. The molecule has 0 spiro atoms. The number of pyridine rings is 1. The highest BCUT2D eigenvalue weighted by Gasteiger charge is 2.37. The summed E-state index contributed by atoms with van der Waals surface area (Å²) in [6, 6.07) is 10.7. The Hall–Kier alpha value is -3.16. The zero-order valence-electron chi connectivity index (χ0n) is 16.0. The standard InChI is InChI=1S/C20H23N3O5/c1-3-14-6-8-15(9-7-14)27-13-5-12-22-19-17(28-16(4-2)20(22)24)10-11-18(21-19)23(25)26/h6-11,16H,3-5,12-13H2,1-2H3. The summed E-state index contributed by atoms with van der Waals surface area (Å²) in [7, 11) is 0. The monoisotopic (exact) mass is 385 g/mol. The molecule has 0 fully saturated rings. The van der Waals surface area contributed by atoms with Crippen LogP contribution in [0.1, 0.15) is 32.3 Å². The van der Waals surface area contributed by atoms with Gasteiger partial charge in [-0.05, 0) is 52.9 Å². The SMILES string of the molecule is CCc1ccc(OCCCN2C(=O)C(CC)Oc3ccc([N+](=O)[O-])nc32)cc1. The van der Waals surface area contributed by atoms with E-state index < -0.39 is 11.0 Å². The van der Waals surface area contributed by atoms with Gasteiger partial charge in [0.15, 0.2) is 11.9 Å². The Balaban J connectivity index is 1.68. The summed E-state index contributed by atoms with van der Waals surface area (Å²) in [5.74, 6) is 0.785. The Morgan fingerprint density at radius 1 is 1.21 bits per heavy atom. The first-order valence-corrected chi connectivity index (χ1v) is 9.38. The van der Waals surface area contributed by atoms with E-state index >= 15 is 0 Å². The van der Waals surface area contributed by atoms with E-state index in [2.05, 4.69) is 11.9 Å². The van der Waals surface area contributed by atoms with Crippen LogP contribution in [0.4, 0.5) is 11.6 Å². The maximum Gasteiger partial charge on any atom is 0.366 e. The average molecular weight is 385 g/mol. The van der Waals surface area contributed by atoms with Crippen LogP contribution in [-0.2, 0) is 11.2 Å². The second-order valence-corrected chi connectivity index (χ2v) is 6.45. The molecule has 8 nitrogen and oxygen atoms in total. The first-order valence-electron chi connectivity index (χ1n) is 9.38. The van der Waals surface area contributed by atoms with Gasteiger partial charge in [0, 0.05) is 12.6 Å². The molecular formula is C20H23N3O5. The molecule has 1 amide bonds. The van der Waals surface area contributed by atoms with Crippen molar-refractivity contribution in [3.05, 3.63) is 52.1 Å². The van der Waals surface area contributed by atoms with Gasteiger partial charge in [0.25, 0.3) is 11.7 Å². The van der Waals surface area contributed by atoms with Gasteiger partial charge < -0.3 is 19.6 Å². The van der Waals surface area contributed by atoms with Crippen LogP contribution in [0.3, 0.4) is 0 Å². The number of carbonyl (C=O) groups is 1. The van der Waals surface area contributed by atoms with Crippen molar-refractivity contribution in [3.63, 3.8) is 0 Å². The van der Waals surface area contributed by atoms with Gasteiger partial charge in [0.05, 0.1) is 6.61 Å². The normalized spacial score (nSPS) is 15.7. The van der Waals surface area contributed by atoms with Crippen molar-refractivity contribution >= 4 is 17.5 Å². The lowest BCUT2D eigenvalue weighted by atomic mass is 10.1. The van der Waals surface area contributed by atoms with E-state index in [-0.39, 0.29) is 17.5 Å². The molecule has 1 aliphatic rings. The number of carbonyl (C=O) groups excluding carboxylic acids is 1. The van der Waals surface area contributed by atoms with Crippen LogP contribution >= 0.6 is 0 Å². The Kier molecular flexibility index (Phi) is 6.08. The van der Waals surface area contributed by atoms with Crippen LogP contribution in [0.5, 0.6) is 11.5 Å². The molecule has 0 saturated heterocycles. The van der Waals surface area contributed by atoms with Gasteiger partial charge in [-0.15, -0.1) is 0 Å². The van der Waals surface area contributed by atoms with Crippen LogP contribution in [0.2, 0.25) is 0 Å². The molecule has 1 aromatic heterocycles. The predicted molar refractivity (Wildman–Crippen MR) is 104 cm³/mol. The molecule has 2 heterocycles. The summed E-state index contributed by atoms with van der Waals surface area (Å²) < 4.78 is 11.4. The number of aryl methyl sites for hydroxylation is 1. The van der Waals surface area contributed by atoms with Crippen LogP contribution < -0.4 is 14.4 Å². The summed E-state index contributed by atoms with van der Waals surface area (Å²) in [6.07, 6.45) is 1.42. The lowest BCUT2D eigenvalue weighted by Crippen LogP contribution is -2.46. The summed E-state index contributed by atoms with van der Waals surface area (Å²) >= 11 is 0. The van der Waals surface area contributed by atoms with E-state index in [0.717, 1.165) is 12.2 Å². The van der Waals surface area contributed by atoms with E-state index in [0.29, 0.717) is 31.7 Å². The van der Waals surface area contributed by atoms with Crippen LogP contribution in [0, 0.1) is 10.1 Å². The highest BCUT2D eigenvalue weighted by Crippen LogP contribution is 2.34. The third kappa shape index (κ3) is 4.21. The van der Waals surface area contributed by atoms with Gasteiger partial charge >= 0.3 is 5.82 Å². The molecular weight excluding hydrogens is 362 g/mol. The second-order valence-electron chi connectivity index (χ2n) is 6.45. The number of nitro groups is 1. The molecule has 1 unspecified atom stereocenters. The fraction of sp³-hybridized carbons (Fsp3) is 0.400. The molecule has 1 aliphatic heterocycles. The Morgan fingerprint density at radius 2 is 1.96 bits per heavy atom. The summed E-state index contributed by atoms with van der Waals surface area (Å²) in [4.78, 5) is 28.6. The zero-order chi connectivity index (χ0) is 20.1. The molecule has 0 N–H and O–H groups in total. The summed E-state index contributed by atoms with van der Waals surface area (Å²) in [5, 5.41) is 11.0. The van der Waals surface area contributed by atoms with Gasteiger partial charge in [-0.2, -0.15) is 0 Å². The quantitative estimate of drug-likeness (QED) is 0.392. The number of hydrogen-bond donors (Lipinski definition) is 0. The number of ether oxygens (including phenoxy) is 2. The molecule has 8 heteroatoms. The fourth-order valence-electron chi connectivity index (χ4n) is 3.00. The molecule has 1 atom stereocenters. The van der Waals surface area contributed by atoms with Crippen LogP contribution in [0.25, 0.3) is 0 Å². The Bertz CT molecular complexity index is 853. The number of aromatic nitrogens is 1. The molecule has 0 saturated carbocycles. The van der Waals surface area contributed by atoms with Crippen molar-refractivity contribution < 1.29 is 19.2 Å². The Labute approximate surface area is 163 Å². The molecule has 0 radical (unpaired) electrons. The number of hydrogen-bond acceptors (Lipinski definition) is 6. The molecule has 0 aliphatic carbocycles. The van der Waals surface area contributed by atoms with Crippen molar-refractivity contribution in [2.45, 2.75) is 39.2 Å². The highest BCUT2D eigenvalue weighted by atomic mass is 16.6. The van der Waals surface area contributed by atoms with Gasteiger partial charge in [-0.1, -0.05) is 26.0 Å². The fourth-order valence-corrected chi connectivity index (χ4v) is 3.00. The molecule has 28 heavy (non-hydrogen) atoms. The molecule has 3 rings (SSSR count). The van der Waals surface area contributed by atoms with E-state index in [1.54, 1.807) is 0 Å². The van der Waals surface area contributed by atoms with Crippen molar-refractivity contribution in [3.8, 4) is 11.5 Å². The van der Waals surface area contributed by atoms with Gasteiger partial charge in [-0.25, -0.2) is 0 Å². The van der Waals surface area contributed by atoms with Gasteiger partial charge in [-0.3, -0.25) is 9.69 Å². The molecule has 148 valence electrons. The highest BCUT2D eigenvalue weighted by molar-refractivity contribution is 5.99. The topological polar surface area (TPSA) is 94.8 Å². The largest absolute Gasteiger partial charge is 0.494 e. The average Bonchev–Trinajstić information content (AvgIpc) is 2.72. The number of amides is 1. The second kappa shape index (κ2) is 8.69. The van der Waals surface area contributed by atoms with E-state index in [4.69, 9.17) is 9.47 Å². The Morgan fingerprint density at radius 3 is 2.61 bits per heavy atom. The van der Waals surface area contributed by atoms with Crippen molar-refractivity contribution in [2.24, 2.45) is 0 Å². The number of anilines is 1. The van der Waals surface area contributed by atoms with Gasteiger partial charge in [0.2, 0.25) is 0 Å². The van der Waals surface area contributed by atoms with Gasteiger partial charge in [0.1, 0.15) is 5.75 Å². The number of rotatable bonds is 8. The third-order valence-electron chi connectivity index (χ3n) is 4.58. The number of fused-ring (bicyclic) bond motifs is 1. The van der Waals surface area contributed by atoms with Crippen molar-refractivity contribution in [1.29, 1.82) is 0 Å². The lowest BCUT2D eigenvalue weighted by molar-refractivity contribution is -0.389. The molecule has 0 bridgehead atoms. The predicted octanol–water partition coefficient (Wildman–Crippen LogP) is 3.53. The van der Waals surface area contributed by atoms with E-state index in [1.165, 1.54) is 22.6 Å². The summed E-state index contributed by atoms with van der Waals surface area (Å²) in [6.45, 7) is 4.70. The maximum atomic E-state index is 12.7. The minimum absolute atomic E-state index is 0.191. The van der Waals surface area contributed by atoms with Crippen molar-refractivity contribution in [1.82, 2.24) is 4.98 Å². The first-order chi connectivity index (χ1) is 13.5. The number of benzene rings is 1. The molecule has 2 aromatic rings. The minimum Gasteiger partial charge on any atom is -0.494 e. The maximum absolute atomic E-state index is 12.7. The summed E-state index contributed by atoms with van der Waals surface area (Å²) in [5.41, 5.74) is 1.24. The van der Waals surface area contributed by atoms with Crippen LogP contribution in [0.15, 0.2) is 36.4 Å². The smallest absolute Gasteiger partial charge is 0.366 e. The first kappa shape index (κ1) is 19.6. The zero-order valence-corrected chi connectivity index (χ0v) is 16.0. The lowest BCUT2D eigenvalue weighted by Gasteiger charge is -2.30.